The van der Waals surface area contributed by atoms with Crippen molar-refractivity contribution < 1.29 is 14.4 Å². The molecular weight excluding hydrogens is 312 g/mol. The SMILES string of the molecule is C[C@@H](NC(=O)c1ccccc1N1CCC(=O)NC1=O)c1ncn[nH]1. The van der Waals surface area contributed by atoms with E-state index in [9.17, 15) is 14.4 Å². The topological polar surface area (TPSA) is 120 Å². The van der Waals surface area contributed by atoms with Crippen LogP contribution in [0.1, 0.15) is 35.6 Å². The van der Waals surface area contributed by atoms with Gasteiger partial charge in [-0.25, -0.2) is 9.78 Å². The van der Waals surface area contributed by atoms with Gasteiger partial charge in [0.15, 0.2) is 0 Å². The van der Waals surface area contributed by atoms with Crippen LogP contribution in [0.3, 0.4) is 0 Å². The molecule has 1 fully saturated rings. The molecule has 0 aliphatic carbocycles. The number of nitrogens with one attached hydrogen (secondary N) is 3. The lowest BCUT2D eigenvalue weighted by atomic mass is 10.1. The molecule has 9 nitrogen and oxygen atoms in total. The van der Waals surface area contributed by atoms with Crippen LogP contribution in [-0.4, -0.2) is 39.6 Å². The second-order valence-electron chi connectivity index (χ2n) is 5.34. The van der Waals surface area contributed by atoms with Crippen LogP contribution in [0.15, 0.2) is 30.6 Å². The van der Waals surface area contributed by atoms with Gasteiger partial charge >= 0.3 is 6.03 Å². The summed E-state index contributed by atoms with van der Waals surface area (Å²) in [6, 6.07) is 5.84. The molecular formula is C15H16N6O3. The number of benzene rings is 1. The van der Waals surface area contributed by atoms with Crippen LogP contribution in [0.5, 0.6) is 0 Å². The van der Waals surface area contributed by atoms with E-state index in [1.54, 1.807) is 31.2 Å². The van der Waals surface area contributed by atoms with Gasteiger partial charge in [-0.1, -0.05) is 12.1 Å². The summed E-state index contributed by atoms with van der Waals surface area (Å²) in [5.41, 5.74) is 0.790. The number of carbonyl (C=O) groups is 3. The Morgan fingerprint density at radius 3 is 2.83 bits per heavy atom. The third kappa shape index (κ3) is 3.09. The summed E-state index contributed by atoms with van der Waals surface area (Å²) in [6.45, 7) is 2.00. The van der Waals surface area contributed by atoms with Crippen LogP contribution < -0.4 is 15.5 Å². The smallest absolute Gasteiger partial charge is 0.328 e. The normalized spacial score (nSPS) is 15.8. The highest BCUT2D eigenvalue weighted by Gasteiger charge is 2.27. The molecule has 9 heteroatoms. The van der Waals surface area contributed by atoms with Gasteiger partial charge in [-0.15, -0.1) is 0 Å². The van der Waals surface area contributed by atoms with Crippen molar-refractivity contribution in [3.05, 3.63) is 42.0 Å². The van der Waals surface area contributed by atoms with Crippen molar-refractivity contribution >= 4 is 23.5 Å². The van der Waals surface area contributed by atoms with E-state index in [-0.39, 0.29) is 30.8 Å². The first-order valence-electron chi connectivity index (χ1n) is 7.43. The van der Waals surface area contributed by atoms with E-state index in [1.807, 2.05) is 0 Å². The first-order chi connectivity index (χ1) is 11.6. The third-order valence-corrected chi connectivity index (χ3v) is 3.68. The van der Waals surface area contributed by atoms with Crippen LogP contribution >= 0.6 is 0 Å². The van der Waals surface area contributed by atoms with E-state index in [0.29, 0.717) is 17.1 Å². The first-order valence-corrected chi connectivity index (χ1v) is 7.43. The number of amides is 4. The number of aromatic nitrogens is 3. The van der Waals surface area contributed by atoms with Gasteiger partial charge in [-0.3, -0.25) is 24.9 Å². The van der Waals surface area contributed by atoms with Crippen molar-refractivity contribution in [2.45, 2.75) is 19.4 Å². The fourth-order valence-corrected chi connectivity index (χ4v) is 2.46. The monoisotopic (exact) mass is 328 g/mol. The number of imide groups is 1. The average Bonchev–Trinajstić information content (AvgIpc) is 3.09. The van der Waals surface area contributed by atoms with Gasteiger partial charge in [0.05, 0.1) is 17.3 Å². The van der Waals surface area contributed by atoms with E-state index < -0.39 is 6.03 Å². The Balaban J connectivity index is 1.82. The maximum absolute atomic E-state index is 12.6. The number of hydrogen-bond donors (Lipinski definition) is 3. The molecule has 0 saturated carbocycles. The summed E-state index contributed by atoms with van der Waals surface area (Å²) in [5.74, 6) is -0.140. The maximum atomic E-state index is 12.6. The van der Waals surface area contributed by atoms with Gasteiger partial charge in [0.2, 0.25) is 5.91 Å². The fraction of sp³-hybridized carbons (Fsp3) is 0.267. The molecule has 4 amide bonds. The number of H-pyrrole nitrogens is 1. The van der Waals surface area contributed by atoms with Gasteiger partial charge < -0.3 is 5.32 Å². The summed E-state index contributed by atoms with van der Waals surface area (Å²) < 4.78 is 0. The molecule has 1 aliphatic rings. The summed E-state index contributed by atoms with van der Waals surface area (Å²) in [6.07, 6.45) is 1.55. The van der Waals surface area contributed by atoms with Crippen molar-refractivity contribution in [2.75, 3.05) is 11.4 Å². The van der Waals surface area contributed by atoms with E-state index in [1.165, 1.54) is 11.2 Å². The standard InChI is InChI=1S/C15H16N6O3/c1-9(13-16-8-17-20-13)18-14(23)10-4-2-3-5-11(10)21-7-6-12(22)19-15(21)24/h2-5,8-9H,6-7H2,1H3,(H,18,23)(H,16,17,20)(H,19,22,24)/t9-/m1/s1. The molecule has 1 aliphatic heterocycles. The first kappa shape index (κ1) is 15.7. The molecule has 0 spiro atoms. The predicted molar refractivity (Wildman–Crippen MR) is 84.2 cm³/mol. The van der Waals surface area contributed by atoms with Crippen molar-refractivity contribution in [2.24, 2.45) is 0 Å². The molecule has 2 heterocycles. The maximum Gasteiger partial charge on any atom is 0.328 e. The van der Waals surface area contributed by atoms with Crippen LogP contribution in [0, 0.1) is 0 Å². The molecule has 1 aromatic carbocycles. The van der Waals surface area contributed by atoms with Crippen molar-refractivity contribution in [3.63, 3.8) is 0 Å². The zero-order chi connectivity index (χ0) is 17.1. The number of carbonyl (C=O) groups excluding carboxylic acids is 3. The molecule has 24 heavy (non-hydrogen) atoms. The number of nitrogens with zero attached hydrogens (tertiary/aromatic N) is 3. The molecule has 124 valence electrons. The van der Waals surface area contributed by atoms with Gasteiger partial charge in [0, 0.05) is 13.0 Å². The molecule has 3 N–H and O–H groups in total. The lowest BCUT2D eigenvalue weighted by molar-refractivity contribution is -0.120. The van der Waals surface area contributed by atoms with Crippen LogP contribution in [0.25, 0.3) is 0 Å². The van der Waals surface area contributed by atoms with Crippen LogP contribution in [0.2, 0.25) is 0 Å². The fourth-order valence-electron chi connectivity index (χ4n) is 2.46. The van der Waals surface area contributed by atoms with Crippen molar-refractivity contribution in [1.82, 2.24) is 25.8 Å². The Morgan fingerprint density at radius 1 is 1.33 bits per heavy atom. The van der Waals surface area contributed by atoms with Gasteiger partial charge in [0.1, 0.15) is 12.2 Å². The highest BCUT2D eigenvalue weighted by atomic mass is 16.2. The van der Waals surface area contributed by atoms with Gasteiger partial charge in [-0.2, -0.15) is 5.10 Å². The lowest BCUT2D eigenvalue weighted by Crippen LogP contribution is -2.50. The predicted octanol–water partition coefficient (Wildman–Crippen LogP) is 0.742. The molecule has 3 rings (SSSR count). The largest absolute Gasteiger partial charge is 0.342 e. The molecule has 0 bridgehead atoms. The number of rotatable bonds is 4. The molecule has 1 atom stereocenters. The number of hydrogen-bond acceptors (Lipinski definition) is 5. The quantitative estimate of drug-likeness (QED) is 0.764. The third-order valence-electron chi connectivity index (χ3n) is 3.68. The van der Waals surface area contributed by atoms with E-state index in [2.05, 4.69) is 25.8 Å². The Kier molecular flexibility index (Phi) is 4.23. The number of aromatic amines is 1. The summed E-state index contributed by atoms with van der Waals surface area (Å²) in [7, 11) is 0. The van der Waals surface area contributed by atoms with Crippen LogP contribution in [-0.2, 0) is 4.79 Å². The zero-order valence-electron chi connectivity index (χ0n) is 12.9. The summed E-state index contributed by atoms with van der Waals surface area (Å²) >= 11 is 0. The van der Waals surface area contributed by atoms with Crippen LogP contribution in [0.4, 0.5) is 10.5 Å². The molecule has 1 aromatic heterocycles. The Morgan fingerprint density at radius 2 is 2.12 bits per heavy atom. The van der Waals surface area contributed by atoms with Gasteiger partial charge in [0.25, 0.3) is 5.91 Å². The molecule has 1 saturated heterocycles. The van der Waals surface area contributed by atoms with E-state index in [4.69, 9.17) is 0 Å². The Bertz CT molecular complexity index is 773. The average molecular weight is 328 g/mol. The van der Waals surface area contributed by atoms with Crippen molar-refractivity contribution in [1.29, 1.82) is 0 Å². The lowest BCUT2D eigenvalue weighted by Gasteiger charge is -2.28. The number of para-hydroxylation sites is 1. The minimum Gasteiger partial charge on any atom is -0.342 e. The Labute approximate surface area is 137 Å². The number of urea groups is 1. The number of anilines is 1. The minimum atomic E-state index is -0.533. The van der Waals surface area contributed by atoms with Crippen molar-refractivity contribution in [3.8, 4) is 0 Å². The highest BCUT2D eigenvalue weighted by Crippen LogP contribution is 2.23. The van der Waals surface area contributed by atoms with E-state index >= 15 is 0 Å². The van der Waals surface area contributed by atoms with E-state index in [0.717, 1.165) is 0 Å². The van der Waals surface area contributed by atoms with Gasteiger partial charge in [-0.05, 0) is 19.1 Å². The molecule has 0 radical (unpaired) electrons. The summed E-state index contributed by atoms with van der Waals surface area (Å²) in [4.78, 5) is 41.3. The molecule has 2 aromatic rings. The highest BCUT2D eigenvalue weighted by molar-refractivity contribution is 6.09. The Hall–Kier alpha value is -3.23. The molecule has 0 unspecified atom stereocenters. The second kappa shape index (κ2) is 6.49. The minimum absolute atomic E-state index is 0.191. The zero-order valence-corrected chi connectivity index (χ0v) is 12.9. The second-order valence-corrected chi connectivity index (χ2v) is 5.34. The summed E-state index contributed by atoms with van der Waals surface area (Å²) in [5, 5.41) is 11.5.